The van der Waals surface area contributed by atoms with Gasteiger partial charge in [0.1, 0.15) is 6.54 Å². The van der Waals surface area contributed by atoms with Crippen molar-refractivity contribution in [3.05, 3.63) is 0 Å². The smallest absolute Gasteiger partial charge is 0.326 e. The van der Waals surface area contributed by atoms with Gasteiger partial charge in [-0.2, -0.15) is 0 Å². The third-order valence-corrected chi connectivity index (χ3v) is 4.60. The molecule has 1 saturated carbocycles. The number of esters is 1. The lowest BCUT2D eigenvalue weighted by atomic mass is 9.81. The summed E-state index contributed by atoms with van der Waals surface area (Å²) >= 11 is 0. The molecule has 1 aliphatic heterocycles. The zero-order chi connectivity index (χ0) is 19.1. The summed E-state index contributed by atoms with van der Waals surface area (Å²) in [5.74, 6) is -3.08. The number of ether oxygens (including phenoxy) is 1. The Morgan fingerprint density at radius 1 is 1.04 bits per heavy atom. The largest absolute Gasteiger partial charge is 0.454 e. The Kier molecular flexibility index (Phi) is 7.11. The Labute approximate surface area is 151 Å². The predicted molar refractivity (Wildman–Crippen MR) is 89.4 cm³/mol. The summed E-state index contributed by atoms with van der Waals surface area (Å²) in [4.78, 5) is 60.3. The highest BCUT2D eigenvalue weighted by Crippen LogP contribution is 2.37. The quantitative estimate of drug-likeness (QED) is 0.434. The van der Waals surface area contributed by atoms with Crippen molar-refractivity contribution in [2.75, 3.05) is 26.2 Å². The molecule has 0 radical (unpaired) electrons. The Morgan fingerprint density at radius 2 is 1.65 bits per heavy atom. The van der Waals surface area contributed by atoms with Crippen molar-refractivity contribution >= 4 is 29.6 Å². The molecule has 0 spiro atoms. The highest BCUT2D eigenvalue weighted by molar-refractivity contribution is 6.07. The second kappa shape index (κ2) is 9.30. The fourth-order valence-corrected chi connectivity index (χ4v) is 3.26. The first kappa shape index (κ1) is 19.9. The topological polar surface area (TPSA) is 122 Å². The van der Waals surface area contributed by atoms with E-state index in [2.05, 4.69) is 10.6 Å². The van der Waals surface area contributed by atoms with Crippen LogP contribution >= 0.6 is 0 Å². The van der Waals surface area contributed by atoms with Gasteiger partial charge in [0.05, 0.1) is 18.4 Å². The predicted octanol–water partition coefficient (Wildman–Crippen LogP) is -0.653. The number of amides is 4. The summed E-state index contributed by atoms with van der Waals surface area (Å²) < 4.78 is 4.80. The molecule has 0 aromatic heterocycles. The van der Waals surface area contributed by atoms with E-state index in [1.54, 1.807) is 0 Å². The van der Waals surface area contributed by atoms with Crippen LogP contribution in [0.3, 0.4) is 0 Å². The van der Waals surface area contributed by atoms with Gasteiger partial charge in [-0.15, -0.1) is 0 Å². The number of nitrogens with one attached hydrogen (secondary N) is 2. The summed E-state index contributed by atoms with van der Waals surface area (Å²) in [6.07, 6.45) is 3.94. The molecule has 2 aliphatic rings. The standard InChI is InChI=1S/C17H25N3O6/c1-2-7-18-13(21)8-19-14(22)10-26-15(23)9-20-16(24)11-5-3-4-6-12(11)17(20)25/h11-12H,2-10H2,1H3,(H,18,21)(H,19,22)/t11-,12-/m1/s1. The molecular weight excluding hydrogens is 342 g/mol. The van der Waals surface area contributed by atoms with Gasteiger partial charge in [-0.3, -0.25) is 28.9 Å². The lowest BCUT2D eigenvalue weighted by Crippen LogP contribution is -2.40. The minimum Gasteiger partial charge on any atom is -0.454 e. The van der Waals surface area contributed by atoms with E-state index in [-0.39, 0.29) is 36.1 Å². The molecule has 9 heteroatoms. The molecule has 0 aromatic rings. The van der Waals surface area contributed by atoms with Crippen molar-refractivity contribution < 1.29 is 28.7 Å². The molecule has 0 bridgehead atoms. The van der Waals surface area contributed by atoms with E-state index in [9.17, 15) is 24.0 Å². The molecule has 2 fully saturated rings. The van der Waals surface area contributed by atoms with Crippen LogP contribution in [0.4, 0.5) is 0 Å². The highest BCUT2D eigenvalue weighted by Gasteiger charge is 2.48. The number of fused-ring (bicyclic) bond motifs is 1. The van der Waals surface area contributed by atoms with Gasteiger partial charge in [-0.25, -0.2) is 0 Å². The number of likely N-dealkylation sites (tertiary alicyclic amines) is 1. The van der Waals surface area contributed by atoms with Crippen molar-refractivity contribution in [2.45, 2.75) is 39.0 Å². The summed E-state index contributed by atoms with van der Waals surface area (Å²) in [5.41, 5.74) is 0. The lowest BCUT2D eigenvalue weighted by Gasteiger charge is -2.19. The van der Waals surface area contributed by atoms with E-state index in [4.69, 9.17) is 4.74 Å². The van der Waals surface area contributed by atoms with E-state index in [0.29, 0.717) is 19.4 Å². The van der Waals surface area contributed by atoms with Crippen LogP contribution in [0.2, 0.25) is 0 Å². The number of rotatable bonds is 8. The first-order valence-electron chi connectivity index (χ1n) is 8.98. The monoisotopic (exact) mass is 367 g/mol. The fraction of sp³-hybridized carbons (Fsp3) is 0.706. The van der Waals surface area contributed by atoms with Crippen molar-refractivity contribution in [3.8, 4) is 0 Å². The van der Waals surface area contributed by atoms with Crippen LogP contribution < -0.4 is 10.6 Å². The minimum absolute atomic E-state index is 0.206. The van der Waals surface area contributed by atoms with Gasteiger partial charge in [-0.05, 0) is 19.3 Å². The molecular formula is C17H25N3O6. The molecule has 144 valence electrons. The maximum atomic E-state index is 12.3. The normalized spacial score (nSPS) is 22.0. The highest BCUT2D eigenvalue weighted by atomic mass is 16.5. The van der Waals surface area contributed by atoms with Crippen molar-refractivity contribution in [1.29, 1.82) is 0 Å². The van der Waals surface area contributed by atoms with E-state index in [0.717, 1.165) is 24.2 Å². The molecule has 2 atom stereocenters. The van der Waals surface area contributed by atoms with Gasteiger partial charge in [-0.1, -0.05) is 19.8 Å². The van der Waals surface area contributed by atoms with Crippen molar-refractivity contribution in [1.82, 2.24) is 15.5 Å². The molecule has 4 amide bonds. The average Bonchev–Trinajstić information content (AvgIpc) is 2.88. The van der Waals surface area contributed by atoms with E-state index in [1.807, 2.05) is 6.92 Å². The fourth-order valence-electron chi connectivity index (χ4n) is 3.26. The van der Waals surface area contributed by atoms with Gasteiger partial charge < -0.3 is 15.4 Å². The number of hydrogen-bond donors (Lipinski definition) is 2. The third kappa shape index (κ3) is 5.03. The maximum absolute atomic E-state index is 12.3. The summed E-state index contributed by atoms with van der Waals surface area (Å²) in [6, 6.07) is 0. The number of hydrogen-bond acceptors (Lipinski definition) is 6. The first-order valence-corrected chi connectivity index (χ1v) is 8.98. The van der Waals surface area contributed by atoms with E-state index >= 15 is 0 Å². The molecule has 0 aromatic carbocycles. The second-order valence-corrected chi connectivity index (χ2v) is 6.55. The minimum atomic E-state index is -0.823. The Balaban J connectivity index is 1.71. The summed E-state index contributed by atoms with van der Waals surface area (Å²) in [7, 11) is 0. The van der Waals surface area contributed by atoms with E-state index < -0.39 is 25.0 Å². The molecule has 1 saturated heterocycles. The molecule has 1 heterocycles. The Hall–Kier alpha value is -2.45. The number of carbonyl (C=O) groups is 5. The van der Waals surface area contributed by atoms with Gasteiger partial charge in [0.15, 0.2) is 6.61 Å². The van der Waals surface area contributed by atoms with Crippen molar-refractivity contribution in [2.24, 2.45) is 11.8 Å². The summed E-state index contributed by atoms with van der Waals surface area (Å²) in [5, 5.41) is 4.91. The van der Waals surface area contributed by atoms with Gasteiger partial charge in [0.25, 0.3) is 5.91 Å². The van der Waals surface area contributed by atoms with Crippen LogP contribution in [0.5, 0.6) is 0 Å². The lowest BCUT2D eigenvalue weighted by molar-refractivity contribution is -0.155. The Bertz CT molecular complexity index is 567. The van der Waals surface area contributed by atoms with Crippen LogP contribution in [0, 0.1) is 11.8 Å². The van der Waals surface area contributed by atoms with Crippen LogP contribution in [0.25, 0.3) is 0 Å². The third-order valence-electron chi connectivity index (χ3n) is 4.60. The number of imide groups is 1. The van der Waals surface area contributed by atoms with Crippen LogP contribution in [0.15, 0.2) is 0 Å². The molecule has 0 unspecified atom stereocenters. The first-order chi connectivity index (χ1) is 12.4. The zero-order valence-corrected chi connectivity index (χ0v) is 14.9. The zero-order valence-electron chi connectivity index (χ0n) is 14.9. The van der Waals surface area contributed by atoms with Gasteiger partial charge in [0.2, 0.25) is 17.7 Å². The number of carbonyl (C=O) groups excluding carboxylic acids is 5. The number of nitrogens with zero attached hydrogens (tertiary/aromatic N) is 1. The van der Waals surface area contributed by atoms with Gasteiger partial charge >= 0.3 is 5.97 Å². The van der Waals surface area contributed by atoms with Crippen LogP contribution in [-0.4, -0.2) is 60.7 Å². The Morgan fingerprint density at radius 3 is 2.23 bits per heavy atom. The van der Waals surface area contributed by atoms with Crippen LogP contribution in [0.1, 0.15) is 39.0 Å². The summed E-state index contributed by atoms with van der Waals surface area (Å²) in [6.45, 7) is 1.17. The maximum Gasteiger partial charge on any atom is 0.326 e. The van der Waals surface area contributed by atoms with Crippen LogP contribution in [-0.2, 0) is 28.7 Å². The molecule has 2 rings (SSSR count). The molecule has 2 N–H and O–H groups in total. The van der Waals surface area contributed by atoms with E-state index in [1.165, 1.54) is 0 Å². The molecule has 26 heavy (non-hydrogen) atoms. The average molecular weight is 367 g/mol. The van der Waals surface area contributed by atoms with Gasteiger partial charge in [0, 0.05) is 6.54 Å². The van der Waals surface area contributed by atoms with Crippen molar-refractivity contribution in [3.63, 3.8) is 0 Å². The SMILES string of the molecule is CCCNC(=O)CNC(=O)COC(=O)CN1C(=O)[C@@H]2CCCC[C@H]2C1=O. The second-order valence-electron chi connectivity index (χ2n) is 6.55. The molecule has 1 aliphatic carbocycles. The molecule has 9 nitrogen and oxygen atoms in total.